The van der Waals surface area contributed by atoms with E-state index in [1.54, 1.807) is 0 Å². The van der Waals surface area contributed by atoms with Crippen molar-refractivity contribution in [3.63, 3.8) is 0 Å². The van der Waals surface area contributed by atoms with Gasteiger partial charge in [-0.1, -0.05) is 93.7 Å². The molecule has 0 nitrogen and oxygen atoms in total. The number of hydrogen-bond acceptors (Lipinski definition) is 0. The molecule has 0 saturated carbocycles. The van der Waals surface area contributed by atoms with Gasteiger partial charge in [0.15, 0.2) is 0 Å². The fourth-order valence-electron chi connectivity index (χ4n) is 4.66. The molecule has 0 amide bonds. The van der Waals surface area contributed by atoms with Gasteiger partial charge in [0.2, 0.25) is 0 Å². The van der Waals surface area contributed by atoms with E-state index in [1.165, 1.54) is 18.4 Å². The van der Waals surface area contributed by atoms with Crippen molar-refractivity contribution in [1.29, 1.82) is 0 Å². The van der Waals surface area contributed by atoms with Gasteiger partial charge in [-0.25, -0.2) is 4.39 Å². The van der Waals surface area contributed by atoms with E-state index < -0.39 is 6.67 Å². The van der Waals surface area contributed by atoms with Crippen LogP contribution in [0.3, 0.4) is 0 Å². The van der Waals surface area contributed by atoms with Crippen molar-refractivity contribution in [2.75, 3.05) is 6.67 Å². The Labute approximate surface area is 178 Å². The van der Waals surface area contributed by atoms with Crippen molar-refractivity contribution in [3.05, 3.63) is 84.1 Å². The molecule has 2 aliphatic carbocycles. The predicted molar refractivity (Wildman–Crippen MR) is 127 cm³/mol. The zero-order valence-corrected chi connectivity index (χ0v) is 18.8. The number of hydrogen-bond donors (Lipinski definition) is 0. The molecule has 1 heteroatoms. The highest BCUT2D eigenvalue weighted by atomic mass is 19.1. The second-order valence-electron chi connectivity index (χ2n) is 8.79. The molecule has 0 aromatic carbocycles. The molecule has 29 heavy (non-hydrogen) atoms. The van der Waals surface area contributed by atoms with Gasteiger partial charge in [-0.3, -0.25) is 0 Å². The molecule has 0 heterocycles. The van der Waals surface area contributed by atoms with Gasteiger partial charge in [0.25, 0.3) is 0 Å². The SMILES string of the molecule is C=C1/C=C\CCC(C)(/C(=C/C)CF)/C(=C/C=C/C=C\C(C)CC2C=CC2)C1CC. The van der Waals surface area contributed by atoms with Crippen LogP contribution in [-0.4, -0.2) is 6.67 Å². The number of halogens is 1. The van der Waals surface area contributed by atoms with Gasteiger partial charge in [0.05, 0.1) is 0 Å². The first-order valence-corrected chi connectivity index (χ1v) is 11.2. The highest BCUT2D eigenvalue weighted by Gasteiger charge is 2.36. The van der Waals surface area contributed by atoms with Gasteiger partial charge >= 0.3 is 0 Å². The number of alkyl halides is 1. The largest absolute Gasteiger partial charge is 0.246 e. The van der Waals surface area contributed by atoms with Crippen LogP contribution < -0.4 is 0 Å². The molecule has 0 aromatic rings. The first kappa shape index (κ1) is 23.4. The zero-order chi connectivity index (χ0) is 21.3. The maximum atomic E-state index is 13.9. The maximum absolute atomic E-state index is 13.9. The van der Waals surface area contributed by atoms with Crippen molar-refractivity contribution in [2.24, 2.45) is 23.2 Å². The van der Waals surface area contributed by atoms with Crippen LogP contribution in [0.25, 0.3) is 0 Å². The Hall–Kier alpha value is -1.89. The molecule has 4 atom stereocenters. The van der Waals surface area contributed by atoms with Gasteiger partial charge in [0.1, 0.15) is 6.67 Å². The Morgan fingerprint density at radius 2 is 2.07 bits per heavy atom. The molecule has 0 aromatic heterocycles. The highest BCUT2D eigenvalue weighted by Crippen LogP contribution is 2.47. The third-order valence-electron chi connectivity index (χ3n) is 6.67. The van der Waals surface area contributed by atoms with Gasteiger partial charge < -0.3 is 0 Å². The summed E-state index contributed by atoms with van der Waals surface area (Å²) in [6.07, 6.45) is 27.1. The van der Waals surface area contributed by atoms with E-state index in [0.29, 0.717) is 5.92 Å². The van der Waals surface area contributed by atoms with E-state index in [1.807, 2.05) is 13.0 Å². The third kappa shape index (κ3) is 6.04. The standard InChI is InChI=1S/C28H39F/c1-6-25(21-29)28(5)19-12-11-15-23(4)26(7-2)27(28)18-10-8-9-14-22(3)20-24-16-13-17-24/h6,8-11,13-16,18,22,24,26H,4,7,12,17,19-21H2,1-3,5H3/b10-8+,14-9-,15-11-,25-6+,27-18+. The minimum Gasteiger partial charge on any atom is -0.246 e. The highest BCUT2D eigenvalue weighted by molar-refractivity contribution is 5.40. The van der Waals surface area contributed by atoms with E-state index in [-0.39, 0.29) is 11.3 Å². The summed E-state index contributed by atoms with van der Waals surface area (Å²) in [4.78, 5) is 0. The van der Waals surface area contributed by atoms with Crippen LogP contribution in [0.15, 0.2) is 84.1 Å². The molecular formula is C28H39F. The Balaban J connectivity index is 2.25. The fraction of sp³-hybridized carbons (Fsp3) is 0.500. The third-order valence-corrected chi connectivity index (χ3v) is 6.67. The summed E-state index contributed by atoms with van der Waals surface area (Å²) in [5.41, 5.74) is 3.04. The molecule has 0 bridgehead atoms. The van der Waals surface area contributed by atoms with Crippen LogP contribution in [-0.2, 0) is 0 Å². The zero-order valence-electron chi connectivity index (χ0n) is 18.8. The maximum Gasteiger partial charge on any atom is 0.111 e. The molecule has 158 valence electrons. The van der Waals surface area contributed by atoms with Gasteiger partial charge in [-0.2, -0.15) is 0 Å². The van der Waals surface area contributed by atoms with Crippen molar-refractivity contribution in [1.82, 2.24) is 0 Å². The summed E-state index contributed by atoms with van der Waals surface area (Å²) in [5, 5.41) is 0. The molecular weight excluding hydrogens is 355 g/mol. The quantitative estimate of drug-likeness (QED) is 0.286. The summed E-state index contributed by atoms with van der Waals surface area (Å²) in [6.45, 7) is 12.6. The predicted octanol–water partition coefficient (Wildman–Crippen LogP) is 8.48. The monoisotopic (exact) mass is 394 g/mol. The van der Waals surface area contributed by atoms with E-state index in [0.717, 1.165) is 36.3 Å². The van der Waals surface area contributed by atoms with Crippen LogP contribution in [0.1, 0.15) is 59.8 Å². The Morgan fingerprint density at radius 3 is 2.66 bits per heavy atom. The Kier molecular flexibility index (Phi) is 9.14. The summed E-state index contributed by atoms with van der Waals surface area (Å²) in [5.74, 6) is 1.60. The minimum atomic E-state index is -0.395. The average Bonchev–Trinajstić information content (AvgIpc) is 2.67. The van der Waals surface area contributed by atoms with Crippen LogP contribution in [0, 0.1) is 23.2 Å². The lowest BCUT2D eigenvalue weighted by molar-refractivity contribution is 0.358. The van der Waals surface area contributed by atoms with Gasteiger partial charge in [0, 0.05) is 11.3 Å². The van der Waals surface area contributed by atoms with Gasteiger partial charge in [-0.15, -0.1) is 0 Å². The van der Waals surface area contributed by atoms with Gasteiger partial charge in [-0.05, 0) is 62.0 Å². The minimum absolute atomic E-state index is 0.246. The topological polar surface area (TPSA) is 0 Å². The molecule has 0 N–H and O–H groups in total. The van der Waals surface area contributed by atoms with E-state index >= 15 is 0 Å². The van der Waals surface area contributed by atoms with Crippen LogP contribution in [0.2, 0.25) is 0 Å². The second-order valence-corrected chi connectivity index (χ2v) is 8.79. The first-order valence-electron chi connectivity index (χ1n) is 11.2. The molecule has 0 saturated heterocycles. The molecule has 0 radical (unpaired) electrons. The van der Waals surface area contributed by atoms with E-state index in [9.17, 15) is 4.39 Å². The molecule has 2 aliphatic rings. The number of allylic oxidation sites excluding steroid dienone is 13. The van der Waals surface area contributed by atoms with E-state index in [2.05, 4.69) is 82.0 Å². The lowest BCUT2D eigenvalue weighted by Crippen LogP contribution is -2.29. The van der Waals surface area contributed by atoms with Crippen LogP contribution in [0.5, 0.6) is 0 Å². The molecule has 0 fully saturated rings. The lowest BCUT2D eigenvalue weighted by atomic mass is 9.65. The summed E-state index contributed by atoms with van der Waals surface area (Å²) in [7, 11) is 0. The molecule has 2 rings (SSSR count). The molecule has 4 unspecified atom stereocenters. The molecule has 0 spiro atoms. The van der Waals surface area contributed by atoms with Crippen LogP contribution in [0.4, 0.5) is 4.39 Å². The summed E-state index contributed by atoms with van der Waals surface area (Å²) >= 11 is 0. The fourth-order valence-corrected chi connectivity index (χ4v) is 4.66. The van der Waals surface area contributed by atoms with Crippen LogP contribution >= 0.6 is 0 Å². The van der Waals surface area contributed by atoms with E-state index in [4.69, 9.17) is 0 Å². The Morgan fingerprint density at radius 1 is 1.31 bits per heavy atom. The average molecular weight is 395 g/mol. The lowest BCUT2D eigenvalue weighted by Gasteiger charge is -2.39. The molecule has 0 aliphatic heterocycles. The summed E-state index contributed by atoms with van der Waals surface area (Å²) < 4.78 is 13.9. The normalized spacial score (nSPS) is 31.8. The number of rotatable bonds is 8. The summed E-state index contributed by atoms with van der Waals surface area (Å²) in [6, 6.07) is 0. The van der Waals surface area contributed by atoms with Crippen molar-refractivity contribution < 1.29 is 4.39 Å². The van der Waals surface area contributed by atoms with Crippen molar-refractivity contribution in [3.8, 4) is 0 Å². The Bertz CT molecular complexity index is 727. The smallest absolute Gasteiger partial charge is 0.111 e. The van der Waals surface area contributed by atoms with Crippen molar-refractivity contribution in [2.45, 2.75) is 59.8 Å². The van der Waals surface area contributed by atoms with Crippen molar-refractivity contribution >= 4 is 0 Å². The second kappa shape index (κ2) is 11.3. The first-order chi connectivity index (χ1) is 14.0.